The predicted molar refractivity (Wildman–Crippen MR) is 120 cm³/mol. The maximum atomic E-state index is 12.9. The number of nitrogens with zero attached hydrogens (tertiary/aromatic N) is 3. The Morgan fingerprint density at radius 2 is 1.76 bits per heavy atom. The molecule has 0 spiro atoms. The van der Waals surface area contributed by atoms with Crippen LogP contribution in [-0.2, 0) is 0 Å². The molecule has 0 aliphatic carbocycles. The zero-order chi connectivity index (χ0) is 22.6. The van der Waals surface area contributed by atoms with Crippen molar-refractivity contribution in [1.82, 2.24) is 9.38 Å². The second kappa shape index (κ2) is 9.04. The first-order chi connectivity index (χ1) is 16.2. The summed E-state index contributed by atoms with van der Waals surface area (Å²) in [4.78, 5) is 4.42. The van der Waals surface area contributed by atoms with Crippen LogP contribution in [0.1, 0.15) is 6.42 Å². The smallest absolute Gasteiger partial charge is 0.155 e. The number of halogens is 1. The molecule has 7 nitrogen and oxygen atoms in total. The third-order valence-corrected chi connectivity index (χ3v) is 5.13. The van der Waals surface area contributed by atoms with Gasteiger partial charge in [-0.1, -0.05) is 5.16 Å². The highest BCUT2D eigenvalue weighted by molar-refractivity contribution is 5.80. The molecular weight excluding hydrogens is 425 g/mol. The van der Waals surface area contributed by atoms with Crippen molar-refractivity contribution in [1.29, 1.82) is 0 Å². The molecule has 0 atom stereocenters. The van der Waals surface area contributed by atoms with Crippen LogP contribution < -0.4 is 14.8 Å². The Kier molecular flexibility index (Phi) is 5.63. The van der Waals surface area contributed by atoms with Crippen molar-refractivity contribution in [2.75, 3.05) is 13.2 Å². The molecule has 0 amide bonds. The van der Waals surface area contributed by atoms with E-state index in [0.29, 0.717) is 58.9 Å². The first kappa shape index (κ1) is 20.6. The van der Waals surface area contributed by atoms with Crippen molar-refractivity contribution in [3.8, 4) is 23.0 Å². The van der Waals surface area contributed by atoms with E-state index >= 15 is 0 Å². The molecule has 3 heterocycles. The zero-order valence-corrected chi connectivity index (χ0v) is 17.5. The highest BCUT2D eigenvalue weighted by Gasteiger charge is 2.10. The standard InChI is InChI=1S/C25H20FN3O4/c26-17-4-6-19(7-5-17)31-11-2-12-32-20-8-9-24-21(14-20)22(28-30)15-25(33-24)23-13-18-3-1-10-29(18)16-27-23/h1,3-10,13-16,30H,2,11-12H2/b28-22+. The van der Waals surface area contributed by atoms with E-state index in [0.717, 1.165) is 5.52 Å². The molecular formula is C25H20FN3O4. The van der Waals surface area contributed by atoms with E-state index in [1.165, 1.54) is 12.1 Å². The van der Waals surface area contributed by atoms with Gasteiger partial charge in [0.05, 0.1) is 24.9 Å². The lowest BCUT2D eigenvalue weighted by molar-refractivity contribution is 0.247. The van der Waals surface area contributed by atoms with Gasteiger partial charge in [-0.25, -0.2) is 9.37 Å². The average Bonchev–Trinajstić information content (AvgIpc) is 3.32. The van der Waals surface area contributed by atoms with Gasteiger partial charge in [0.2, 0.25) is 0 Å². The first-order valence-corrected chi connectivity index (χ1v) is 10.4. The fourth-order valence-corrected chi connectivity index (χ4v) is 3.49. The van der Waals surface area contributed by atoms with Crippen molar-refractivity contribution in [2.45, 2.75) is 6.42 Å². The molecule has 0 saturated heterocycles. The Bertz CT molecular complexity index is 1480. The molecule has 33 heavy (non-hydrogen) atoms. The van der Waals surface area contributed by atoms with E-state index in [1.54, 1.807) is 42.7 Å². The predicted octanol–water partition coefficient (Wildman–Crippen LogP) is 5.02. The molecule has 3 aromatic heterocycles. The number of fused-ring (bicyclic) bond motifs is 2. The lowest BCUT2D eigenvalue weighted by Crippen LogP contribution is -2.07. The van der Waals surface area contributed by atoms with Crippen LogP contribution in [0.2, 0.25) is 0 Å². The van der Waals surface area contributed by atoms with Crippen LogP contribution in [0.15, 0.2) is 88.8 Å². The third kappa shape index (κ3) is 4.50. The maximum absolute atomic E-state index is 12.9. The summed E-state index contributed by atoms with van der Waals surface area (Å²) in [5.74, 6) is 1.42. The van der Waals surface area contributed by atoms with Crippen LogP contribution in [0.5, 0.6) is 11.5 Å². The van der Waals surface area contributed by atoms with Crippen LogP contribution in [0.25, 0.3) is 27.9 Å². The van der Waals surface area contributed by atoms with E-state index in [9.17, 15) is 9.60 Å². The third-order valence-electron chi connectivity index (χ3n) is 5.13. The van der Waals surface area contributed by atoms with Gasteiger partial charge in [0, 0.05) is 24.2 Å². The lowest BCUT2D eigenvalue weighted by Gasteiger charge is -2.09. The Labute approximate surface area is 188 Å². The van der Waals surface area contributed by atoms with Crippen LogP contribution >= 0.6 is 0 Å². The normalized spacial score (nSPS) is 11.8. The summed E-state index contributed by atoms with van der Waals surface area (Å²) in [5, 5.41) is 14.0. The molecule has 166 valence electrons. The van der Waals surface area contributed by atoms with Gasteiger partial charge in [-0.05, 0) is 60.7 Å². The molecule has 0 aliphatic rings. The lowest BCUT2D eigenvalue weighted by atomic mass is 10.2. The summed E-state index contributed by atoms with van der Waals surface area (Å²) in [6, 6.07) is 18.7. The highest BCUT2D eigenvalue weighted by atomic mass is 19.1. The Morgan fingerprint density at radius 3 is 2.58 bits per heavy atom. The van der Waals surface area contributed by atoms with Crippen molar-refractivity contribution in [3.05, 3.63) is 90.4 Å². The van der Waals surface area contributed by atoms with Crippen LogP contribution in [0.3, 0.4) is 0 Å². The monoisotopic (exact) mass is 445 g/mol. The number of hydrogen-bond acceptors (Lipinski definition) is 6. The minimum absolute atomic E-state index is 0.298. The molecule has 2 aromatic carbocycles. The summed E-state index contributed by atoms with van der Waals surface area (Å²) < 4.78 is 32.2. The number of rotatable bonds is 7. The number of hydrogen-bond donors (Lipinski definition) is 1. The molecule has 5 rings (SSSR count). The van der Waals surface area contributed by atoms with Gasteiger partial charge in [-0.15, -0.1) is 0 Å². The van der Waals surface area contributed by atoms with Crippen LogP contribution in [-0.4, -0.2) is 27.8 Å². The summed E-state index contributed by atoms with van der Waals surface area (Å²) in [6.07, 6.45) is 4.26. The van der Waals surface area contributed by atoms with E-state index in [-0.39, 0.29) is 5.82 Å². The second-order valence-electron chi connectivity index (χ2n) is 7.37. The Balaban J connectivity index is 1.29. The SMILES string of the molecule is O/N=c1\cc(-c2cc3cccn3cn2)oc2ccc(OCCCOc3ccc(F)cc3)cc12. The molecule has 8 heteroatoms. The second-order valence-corrected chi connectivity index (χ2v) is 7.37. The first-order valence-electron chi connectivity index (χ1n) is 10.4. The van der Waals surface area contributed by atoms with Crippen LogP contribution in [0, 0.1) is 5.82 Å². The number of aromatic nitrogens is 2. The summed E-state index contributed by atoms with van der Waals surface area (Å²) in [6.45, 7) is 0.864. The van der Waals surface area contributed by atoms with E-state index in [1.807, 2.05) is 28.8 Å². The minimum Gasteiger partial charge on any atom is -0.493 e. The molecule has 0 aliphatic heterocycles. The highest BCUT2D eigenvalue weighted by Crippen LogP contribution is 2.24. The fourth-order valence-electron chi connectivity index (χ4n) is 3.49. The number of benzene rings is 2. The quantitative estimate of drug-likeness (QED) is 0.216. The van der Waals surface area contributed by atoms with Gasteiger partial charge in [-0.3, -0.25) is 0 Å². The van der Waals surface area contributed by atoms with Crippen molar-refractivity contribution in [2.24, 2.45) is 5.16 Å². The molecule has 0 saturated carbocycles. The summed E-state index contributed by atoms with van der Waals surface area (Å²) >= 11 is 0. The summed E-state index contributed by atoms with van der Waals surface area (Å²) in [7, 11) is 0. The summed E-state index contributed by atoms with van der Waals surface area (Å²) in [5.41, 5.74) is 2.16. The van der Waals surface area contributed by atoms with Gasteiger partial charge in [-0.2, -0.15) is 0 Å². The van der Waals surface area contributed by atoms with E-state index in [4.69, 9.17) is 13.9 Å². The Hall–Kier alpha value is -4.33. The molecule has 1 N–H and O–H groups in total. The van der Waals surface area contributed by atoms with Crippen molar-refractivity contribution >= 4 is 16.5 Å². The Morgan fingerprint density at radius 1 is 0.970 bits per heavy atom. The van der Waals surface area contributed by atoms with E-state index < -0.39 is 0 Å². The maximum Gasteiger partial charge on any atom is 0.155 e. The van der Waals surface area contributed by atoms with Gasteiger partial charge in [0.25, 0.3) is 0 Å². The zero-order valence-electron chi connectivity index (χ0n) is 17.5. The van der Waals surface area contributed by atoms with Gasteiger partial charge >= 0.3 is 0 Å². The molecule has 0 fully saturated rings. The molecule has 0 radical (unpaired) electrons. The van der Waals surface area contributed by atoms with Gasteiger partial charge in [0.15, 0.2) is 5.76 Å². The molecule has 0 unspecified atom stereocenters. The largest absolute Gasteiger partial charge is 0.493 e. The van der Waals surface area contributed by atoms with Crippen LogP contribution in [0.4, 0.5) is 4.39 Å². The number of ether oxygens (including phenoxy) is 2. The topological polar surface area (TPSA) is 81.5 Å². The van der Waals surface area contributed by atoms with E-state index in [2.05, 4.69) is 10.1 Å². The fraction of sp³-hybridized carbons (Fsp3) is 0.120. The molecule has 0 bridgehead atoms. The van der Waals surface area contributed by atoms with Gasteiger partial charge < -0.3 is 23.5 Å². The minimum atomic E-state index is -0.298. The van der Waals surface area contributed by atoms with Crippen molar-refractivity contribution in [3.63, 3.8) is 0 Å². The molecule has 5 aromatic rings. The van der Waals surface area contributed by atoms with Gasteiger partial charge in [0.1, 0.15) is 34.0 Å². The van der Waals surface area contributed by atoms with Crippen molar-refractivity contribution < 1.29 is 23.5 Å². The average molecular weight is 445 g/mol.